The minimum Gasteiger partial charge on any atom is -0.385 e. The van der Waals surface area contributed by atoms with Crippen molar-refractivity contribution >= 4 is 24.0 Å². The minimum absolute atomic E-state index is 0.167. The number of ether oxygens (including phenoxy) is 1. The van der Waals surface area contributed by atoms with E-state index in [1.807, 2.05) is 6.07 Å². The van der Waals surface area contributed by atoms with Gasteiger partial charge in [0.2, 0.25) is 0 Å². The standard InChI is InChI=1S/C23H24N8O3/c1-15-26-14-31(29-15)20-9-17-5-3-7-30(22(17)27-19(20)13-32)23(33)28-21-10-16(6-4-8-34-2)18(11-24)12-25-21/h9-10,12-14H,3-8H2,1-2H3,(H,25,28,33). The highest BCUT2D eigenvalue weighted by atomic mass is 16.5. The van der Waals surface area contributed by atoms with Crippen LogP contribution in [0.25, 0.3) is 5.69 Å². The number of nitriles is 1. The molecule has 0 fully saturated rings. The summed E-state index contributed by atoms with van der Waals surface area (Å²) in [7, 11) is 1.62. The van der Waals surface area contributed by atoms with Crippen molar-refractivity contribution in [3.05, 3.63) is 52.9 Å². The van der Waals surface area contributed by atoms with Gasteiger partial charge in [-0.25, -0.2) is 24.4 Å². The second-order valence-electron chi connectivity index (χ2n) is 7.85. The number of carbonyl (C=O) groups excluding carboxylic acids is 2. The van der Waals surface area contributed by atoms with Gasteiger partial charge in [-0.3, -0.25) is 15.0 Å². The first-order valence-electron chi connectivity index (χ1n) is 10.9. The van der Waals surface area contributed by atoms with Crippen molar-refractivity contribution in [3.63, 3.8) is 0 Å². The Labute approximate surface area is 196 Å². The lowest BCUT2D eigenvalue weighted by Crippen LogP contribution is -2.40. The highest BCUT2D eigenvalue weighted by molar-refractivity contribution is 6.01. The van der Waals surface area contributed by atoms with Crippen LogP contribution in [0.4, 0.5) is 16.4 Å². The third-order valence-corrected chi connectivity index (χ3v) is 5.52. The molecule has 1 aliphatic rings. The summed E-state index contributed by atoms with van der Waals surface area (Å²) in [6.45, 7) is 2.78. The lowest BCUT2D eigenvalue weighted by molar-refractivity contribution is 0.111. The molecule has 1 N–H and O–H groups in total. The SMILES string of the molecule is COCCCc1cc(NC(=O)N2CCCc3cc(-n4cnc(C)n4)c(C=O)nc32)ncc1C#N. The number of aryl methyl sites for hydroxylation is 3. The van der Waals surface area contributed by atoms with Gasteiger partial charge in [-0.05, 0) is 55.9 Å². The molecule has 4 heterocycles. The quantitative estimate of drug-likeness (QED) is 0.419. The Morgan fingerprint density at radius 1 is 1.35 bits per heavy atom. The van der Waals surface area contributed by atoms with E-state index in [0.29, 0.717) is 61.0 Å². The number of aldehydes is 1. The Hall–Kier alpha value is -4.17. The van der Waals surface area contributed by atoms with Crippen molar-refractivity contribution in [1.82, 2.24) is 24.7 Å². The summed E-state index contributed by atoms with van der Waals surface area (Å²) in [5.74, 6) is 1.35. The number of hydrogen-bond donors (Lipinski definition) is 1. The lowest BCUT2D eigenvalue weighted by atomic mass is 10.0. The monoisotopic (exact) mass is 460 g/mol. The largest absolute Gasteiger partial charge is 0.385 e. The van der Waals surface area contributed by atoms with Gasteiger partial charge in [0, 0.05) is 26.5 Å². The van der Waals surface area contributed by atoms with E-state index >= 15 is 0 Å². The number of amides is 2. The van der Waals surface area contributed by atoms with E-state index in [-0.39, 0.29) is 5.69 Å². The molecule has 2 amide bonds. The van der Waals surface area contributed by atoms with E-state index < -0.39 is 6.03 Å². The Balaban J connectivity index is 1.60. The number of methoxy groups -OCH3 is 1. The van der Waals surface area contributed by atoms with Gasteiger partial charge >= 0.3 is 6.03 Å². The van der Waals surface area contributed by atoms with Crippen LogP contribution in [0.15, 0.2) is 24.7 Å². The summed E-state index contributed by atoms with van der Waals surface area (Å²) in [6, 6.07) is 5.26. The summed E-state index contributed by atoms with van der Waals surface area (Å²) in [4.78, 5) is 39.2. The third kappa shape index (κ3) is 4.77. The fourth-order valence-electron chi connectivity index (χ4n) is 3.88. The van der Waals surface area contributed by atoms with Crippen molar-refractivity contribution in [2.75, 3.05) is 30.5 Å². The Morgan fingerprint density at radius 3 is 2.91 bits per heavy atom. The summed E-state index contributed by atoms with van der Waals surface area (Å²) < 4.78 is 6.60. The summed E-state index contributed by atoms with van der Waals surface area (Å²) in [5, 5.41) is 16.4. The van der Waals surface area contributed by atoms with Crippen LogP contribution < -0.4 is 10.2 Å². The number of rotatable bonds is 7. The van der Waals surface area contributed by atoms with Gasteiger partial charge in [0.25, 0.3) is 0 Å². The molecule has 3 aromatic heterocycles. The molecule has 0 aromatic carbocycles. The fourth-order valence-corrected chi connectivity index (χ4v) is 3.88. The van der Waals surface area contributed by atoms with Gasteiger partial charge in [0.1, 0.15) is 35.6 Å². The predicted octanol–water partition coefficient (Wildman–Crippen LogP) is 2.61. The maximum Gasteiger partial charge on any atom is 0.328 e. The number of nitrogens with one attached hydrogen (secondary N) is 1. The second-order valence-corrected chi connectivity index (χ2v) is 7.85. The first kappa shape index (κ1) is 23.0. The predicted molar refractivity (Wildman–Crippen MR) is 123 cm³/mol. The second kappa shape index (κ2) is 10.2. The highest BCUT2D eigenvalue weighted by Crippen LogP contribution is 2.29. The van der Waals surface area contributed by atoms with Gasteiger partial charge in [-0.2, -0.15) is 10.4 Å². The minimum atomic E-state index is -0.408. The number of pyridine rings is 2. The van der Waals surface area contributed by atoms with Crippen LogP contribution >= 0.6 is 0 Å². The first-order valence-corrected chi connectivity index (χ1v) is 10.9. The molecule has 4 rings (SSSR count). The van der Waals surface area contributed by atoms with Crippen LogP contribution in [0.1, 0.15) is 45.8 Å². The number of nitrogens with zero attached hydrogens (tertiary/aromatic N) is 7. The Morgan fingerprint density at radius 2 is 2.21 bits per heavy atom. The fraction of sp³-hybridized carbons (Fsp3) is 0.348. The Kier molecular flexibility index (Phi) is 6.89. The van der Waals surface area contributed by atoms with Crippen LogP contribution in [-0.4, -0.2) is 57.3 Å². The van der Waals surface area contributed by atoms with Gasteiger partial charge < -0.3 is 4.74 Å². The zero-order valence-electron chi connectivity index (χ0n) is 19.0. The molecule has 0 bridgehead atoms. The number of fused-ring (bicyclic) bond motifs is 1. The molecule has 0 radical (unpaired) electrons. The molecule has 1 aliphatic heterocycles. The van der Waals surface area contributed by atoms with E-state index in [0.717, 1.165) is 24.0 Å². The molecule has 11 nitrogen and oxygen atoms in total. The maximum atomic E-state index is 13.1. The summed E-state index contributed by atoms with van der Waals surface area (Å²) in [6.07, 6.45) is 6.45. The summed E-state index contributed by atoms with van der Waals surface area (Å²) in [5.41, 5.74) is 2.78. The maximum absolute atomic E-state index is 13.1. The van der Waals surface area contributed by atoms with E-state index in [2.05, 4.69) is 31.4 Å². The molecule has 34 heavy (non-hydrogen) atoms. The molecule has 0 atom stereocenters. The molecule has 174 valence electrons. The topological polar surface area (TPSA) is 139 Å². The molecule has 0 unspecified atom stereocenters. The molecule has 0 saturated carbocycles. The van der Waals surface area contributed by atoms with Gasteiger partial charge in [-0.1, -0.05) is 0 Å². The number of urea groups is 1. The molecule has 0 saturated heterocycles. The van der Waals surface area contributed by atoms with Gasteiger partial charge in [0.15, 0.2) is 6.29 Å². The highest BCUT2D eigenvalue weighted by Gasteiger charge is 2.27. The van der Waals surface area contributed by atoms with E-state index in [9.17, 15) is 14.9 Å². The van der Waals surface area contributed by atoms with Crippen molar-refractivity contribution in [2.45, 2.75) is 32.6 Å². The van der Waals surface area contributed by atoms with Gasteiger partial charge in [-0.15, -0.1) is 0 Å². The molecule has 3 aromatic rings. The number of carbonyl (C=O) groups is 2. The average molecular weight is 460 g/mol. The van der Waals surface area contributed by atoms with E-state index in [4.69, 9.17) is 4.74 Å². The van der Waals surface area contributed by atoms with Crippen LogP contribution in [0.3, 0.4) is 0 Å². The van der Waals surface area contributed by atoms with Crippen LogP contribution in [-0.2, 0) is 17.6 Å². The normalized spacial score (nSPS) is 12.7. The lowest BCUT2D eigenvalue weighted by Gasteiger charge is -2.29. The smallest absolute Gasteiger partial charge is 0.328 e. The molecule has 0 spiro atoms. The zero-order chi connectivity index (χ0) is 24.1. The van der Waals surface area contributed by atoms with Gasteiger partial charge in [0.05, 0.1) is 11.3 Å². The van der Waals surface area contributed by atoms with Crippen molar-refractivity contribution < 1.29 is 14.3 Å². The van der Waals surface area contributed by atoms with E-state index in [1.165, 1.54) is 22.1 Å². The first-order chi connectivity index (χ1) is 16.5. The van der Waals surface area contributed by atoms with Crippen molar-refractivity contribution in [1.29, 1.82) is 5.26 Å². The van der Waals surface area contributed by atoms with Crippen molar-refractivity contribution in [3.8, 4) is 11.8 Å². The molecule has 0 aliphatic carbocycles. The average Bonchev–Trinajstić information content (AvgIpc) is 3.29. The number of aromatic nitrogens is 5. The van der Waals surface area contributed by atoms with Crippen LogP contribution in [0, 0.1) is 18.3 Å². The molecule has 11 heteroatoms. The molecular formula is C23H24N8O3. The number of anilines is 2. The molecular weight excluding hydrogens is 436 g/mol. The number of hydrogen-bond acceptors (Lipinski definition) is 8. The van der Waals surface area contributed by atoms with Crippen LogP contribution in [0.2, 0.25) is 0 Å². The van der Waals surface area contributed by atoms with E-state index in [1.54, 1.807) is 20.1 Å². The summed E-state index contributed by atoms with van der Waals surface area (Å²) >= 11 is 0. The Bertz CT molecular complexity index is 1260. The third-order valence-electron chi connectivity index (χ3n) is 5.52. The van der Waals surface area contributed by atoms with Crippen LogP contribution in [0.5, 0.6) is 0 Å². The van der Waals surface area contributed by atoms with Crippen molar-refractivity contribution in [2.24, 2.45) is 0 Å². The zero-order valence-corrected chi connectivity index (χ0v) is 19.0.